The average molecular weight is 341 g/mol. The van der Waals surface area contributed by atoms with Crippen LogP contribution in [0.4, 0.5) is 0 Å². The van der Waals surface area contributed by atoms with Gasteiger partial charge < -0.3 is 15.1 Å². The maximum atomic E-state index is 12.8. The molecule has 1 saturated heterocycles. The smallest absolute Gasteiger partial charge is 0.254 e. The number of benzene rings is 1. The second-order valence-corrected chi connectivity index (χ2v) is 7.58. The molecule has 0 aliphatic carbocycles. The Morgan fingerprint density at radius 2 is 2.12 bits per heavy atom. The van der Waals surface area contributed by atoms with E-state index in [4.69, 9.17) is 10.2 Å². The molecule has 4 rings (SSSR count). The number of aromatic nitrogens is 1. The minimum atomic E-state index is -0.107. The number of nitrogens with zero attached hydrogens (tertiary/aromatic N) is 2. The lowest BCUT2D eigenvalue weighted by Gasteiger charge is -2.16. The SMILES string of the molecule is Cc1ccc([C@@H]2CN(C(=O)c3ccc4sc(C)nc4c3)C[C@H]2N)o1. The van der Waals surface area contributed by atoms with Gasteiger partial charge >= 0.3 is 0 Å². The van der Waals surface area contributed by atoms with Crippen LogP contribution in [0.2, 0.25) is 0 Å². The number of furan rings is 1. The highest BCUT2D eigenvalue weighted by atomic mass is 32.1. The zero-order valence-electron chi connectivity index (χ0n) is 13.7. The summed E-state index contributed by atoms with van der Waals surface area (Å²) < 4.78 is 6.81. The summed E-state index contributed by atoms with van der Waals surface area (Å²) in [4.78, 5) is 19.1. The van der Waals surface area contributed by atoms with Crippen LogP contribution in [0.15, 0.2) is 34.7 Å². The molecule has 0 radical (unpaired) electrons. The fourth-order valence-corrected chi connectivity index (χ4v) is 4.11. The molecule has 0 saturated carbocycles. The molecule has 124 valence electrons. The van der Waals surface area contributed by atoms with E-state index in [0.717, 1.165) is 26.7 Å². The Kier molecular flexibility index (Phi) is 3.66. The highest BCUT2D eigenvalue weighted by molar-refractivity contribution is 7.18. The van der Waals surface area contributed by atoms with Crippen LogP contribution in [0.5, 0.6) is 0 Å². The Morgan fingerprint density at radius 1 is 1.29 bits per heavy atom. The summed E-state index contributed by atoms with van der Waals surface area (Å²) in [6.07, 6.45) is 0. The van der Waals surface area contributed by atoms with Gasteiger partial charge in [0.1, 0.15) is 11.5 Å². The van der Waals surface area contributed by atoms with E-state index >= 15 is 0 Å². The summed E-state index contributed by atoms with van der Waals surface area (Å²) in [5, 5.41) is 1.01. The molecule has 1 aromatic carbocycles. The molecule has 0 spiro atoms. The van der Waals surface area contributed by atoms with E-state index in [2.05, 4.69) is 4.98 Å². The summed E-state index contributed by atoms with van der Waals surface area (Å²) in [5.41, 5.74) is 7.80. The monoisotopic (exact) mass is 341 g/mol. The van der Waals surface area contributed by atoms with Gasteiger partial charge in [-0.2, -0.15) is 0 Å². The van der Waals surface area contributed by atoms with Gasteiger partial charge in [0.05, 0.1) is 21.1 Å². The van der Waals surface area contributed by atoms with Crippen molar-refractivity contribution in [1.29, 1.82) is 0 Å². The van der Waals surface area contributed by atoms with Crippen LogP contribution in [0.25, 0.3) is 10.2 Å². The summed E-state index contributed by atoms with van der Waals surface area (Å²) >= 11 is 1.64. The predicted octanol–water partition coefficient (Wildman–Crippen LogP) is 3.07. The Balaban J connectivity index is 1.57. The lowest BCUT2D eigenvalue weighted by molar-refractivity contribution is 0.0788. The Hall–Kier alpha value is -2.18. The number of fused-ring (bicyclic) bond motifs is 1. The van der Waals surface area contributed by atoms with Gasteiger partial charge in [0.15, 0.2) is 0 Å². The summed E-state index contributed by atoms with van der Waals surface area (Å²) in [7, 11) is 0. The molecular weight excluding hydrogens is 322 g/mol. The second kappa shape index (κ2) is 5.72. The maximum absolute atomic E-state index is 12.8. The van der Waals surface area contributed by atoms with Crippen molar-refractivity contribution in [1.82, 2.24) is 9.88 Å². The van der Waals surface area contributed by atoms with Crippen molar-refractivity contribution in [3.63, 3.8) is 0 Å². The topological polar surface area (TPSA) is 72.4 Å². The van der Waals surface area contributed by atoms with Crippen molar-refractivity contribution in [3.8, 4) is 0 Å². The van der Waals surface area contributed by atoms with Gasteiger partial charge in [0.25, 0.3) is 5.91 Å². The first-order chi connectivity index (χ1) is 11.5. The number of carbonyl (C=O) groups is 1. The van der Waals surface area contributed by atoms with E-state index in [1.165, 1.54) is 0 Å². The van der Waals surface area contributed by atoms with Gasteiger partial charge in [-0.3, -0.25) is 4.79 Å². The molecule has 2 aromatic heterocycles. The van der Waals surface area contributed by atoms with Gasteiger partial charge in [0, 0.05) is 24.7 Å². The van der Waals surface area contributed by atoms with E-state index in [9.17, 15) is 4.79 Å². The number of likely N-dealkylation sites (tertiary alicyclic amines) is 1. The number of amides is 1. The highest BCUT2D eigenvalue weighted by Crippen LogP contribution is 2.29. The highest BCUT2D eigenvalue weighted by Gasteiger charge is 2.36. The largest absolute Gasteiger partial charge is 0.466 e. The summed E-state index contributed by atoms with van der Waals surface area (Å²) in [5.74, 6) is 1.78. The van der Waals surface area contributed by atoms with Gasteiger partial charge in [-0.25, -0.2) is 4.98 Å². The molecule has 24 heavy (non-hydrogen) atoms. The van der Waals surface area contributed by atoms with Crippen molar-refractivity contribution in [2.75, 3.05) is 13.1 Å². The van der Waals surface area contributed by atoms with E-state index in [-0.39, 0.29) is 17.9 Å². The first kappa shape index (κ1) is 15.4. The van der Waals surface area contributed by atoms with E-state index in [1.54, 1.807) is 11.3 Å². The summed E-state index contributed by atoms with van der Waals surface area (Å²) in [6, 6.07) is 9.50. The number of aryl methyl sites for hydroxylation is 2. The first-order valence-electron chi connectivity index (χ1n) is 7.99. The zero-order valence-corrected chi connectivity index (χ0v) is 14.5. The van der Waals surface area contributed by atoms with Crippen molar-refractivity contribution in [2.24, 2.45) is 5.73 Å². The summed E-state index contributed by atoms with van der Waals surface area (Å²) in [6.45, 7) is 5.01. The molecule has 6 heteroatoms. The second-order valence-electron chi connectivity index (χ2n) is 6.34. The van der Waals surface area contributed by atoms with Gasteiger partial charge in [-0.15, -0.1) is 11.3 Å². The van der Waals surface area contributed by atoms with Crippen molar-refractivity contribution in [3.05, 3.63) is 52.4 Å². The van der Waals surface area contributed by atoms with Crippen LogP contribution in [0.3, 0.4) is 0 Å². The molecule has 3 aromatic rings. The standard InChI is InChI=1S/C18H19N3O2S/c1-10-3-5-16(23-10)13-8-21(9-14(13)19)18(22)12-4-6-17-15(7-12)20-11(2)24-17/h3-7,13-14H,8-9,19H2,1-2H3/t13-,14-/m1/s1. The number of hydrogen-bond donors (Lipinski definition) is 1. The lowest BCUT2D eigenvalue weighted by atomic mass is 10.0. The van der Waals surface area contributed by atoms with Crippen LogP contribution >= 0.6 is 11.3 Å². The fourth-order valence-electron chi connectivity index (χ4n) is 3.31. The van der Waals surface area contributed by atoms with Crippen molar-refractivity contribution in [2.45, 2.75) is 25.8 Å². The fraction of sp³-hybridized carbons (Fsp3) is 0.333. The van der Waals surface area contributed by atoms with E-state index in [0.29, 0.717) is 18.7 Å². The minimum Gasteiger partial charge on any atom is -0.466 e. The van der Waals surface area contributed by atoms with Crippen LogP contribution in [-0.4, -0.2) is 34.9 Å². The minimum absolute atomic E-state index is 0.00350. The van der Waals surface area contributed by atoms with Crippen LogP contribution in [0.1, 0.15) is 32.8 Å². The molecule has 0 bridgehead atoms. The van der Waals surface area contributed by atoms with Crippen LogP contribution < -0.4 is 5.73 Å². The molecule has 2 N–H and O–H groups in total. The Bertz CT molecular complexity index is 914. The molecular formula is C18H19N3O2S. The van der Waals surface area contributed by atoms with Gasteiger partial charge in [-0.05, 0) is 44.2 Å². The van der Waals surface area contributed by atoms with Gasteiger partial charge in [-0.1, -0.05) is 0 Å². The Morgan fingerprint density at radius 3 is 2.88 bits per heavy atom. The zero-order chi connectivity index (χ0) is 16.8. The maximum Gasteiger partial charge on any atom is 0.254 e. The third-order valence-electron chi connectivity index (χ3n) is 4.52. The average Bonchev–Trinajstić information content (AvgIpc) is 3.23. The third-order valence-corrected chi connectivity index (χ3v) is 5.47. The molecule has 3 heterocycles. The number of carbonyl (C=O) groups excluding carboxylic acids is 1. The third kappa shape index (κ3) is 2.61. The first-order valence-corrected chi connectivity index (χ1v) is 8.81. The number of rotatable bonds is 2. The molecule has 1 aliphatic heterocycles. The van der Waals surface area contributed by atoms with Crippen LogP contribution in [-0.2, 0) is 0 Å². The lowest BCUT2D eigenvalue weighted by Crippen LogP contribution is -2.32. The van der Waals surface area contributed by atoms with Crippen molar-refractivity contribution >= 4 is 27.5 Å². The predicted molar refractivity (Wildman–Crippen MR) is 94.4 cm³/mol. The van der Waals surface area contributed by atoms with E-state index in [1.807, 2.05) is 49.1 Å². The molecule has 1 amide bonds. The molecule has 0 unspecified atom stereocenters. The molecule has 1 fully saturated rings. The number of nitrogens with two attached hydrogens (primary N) is 1. The quantitative estimate of drug-likeness (QED) is 0.777. The number of thiazole rings is 1. The van der Waals surface area contributed by atoms with Crippen molar-refractivity contribution < 1.29 is 9.21 Å². The van der Waals surface area contributed by atoms with E-state index < -0.39 is 0 Å². The van der Waals surface area contributed by atoms with Gasteiger partial charge in [0.2, 0.25) is 0 Å². The number of hydrogen-bond acceptors (Lipinski definition) is 5. The molecule has 5 nitrogen and oxygen atoms in total. The normalized spacial score (nSPS) is 20.9. The molecule has 2 atom stereocenters. The van der Waals surface area contributed by atoms with Crippen LogP contribution in [0, 0.1) is 13.8 Å². The Labute approximate surface area is 144 Å². The molecule has 1 aliphatic rings.